The first kappa shape index (κ1) is 14.2. The van der Waals surface area contributed by atoms with Gasteiger partial charge in [0.15, 0.2) is 0 Å². The Hall–Kier alpha value is -1.90. The maximum Gasteiger partial charge on any atom is 0.108 e. The van der Waals surface area contributed by atoms with Crippen LogP contribution < -0.4 is 11.5 Å². The van der Waals surface area contributed by atoms with Crippen LogP contribution in [0.15, 0.2) is 36.1 Å². The lowest BCUT2D eigenvalue weighted by Crippen LogP contribution is -2.11. The van der Waals surface area contributed by atoms with Crippen LogP contribution in [0.4, 0.5) is 5.82 Å². The minimum Gasteiger partial charge on any atom is -0.398 e. The summed E-state index contributed by atoms with van der Waals surface area (Å²) >= 11 is 0. The van der Waals surface area contributed by atoms with Crippen LogP contribution in [0.3, 0.4) is 0 Å². The predicted octanol–water partition coefficient (Wildman–Crippen LogP) is 3.33. The smallest absolute Gasteiger partial charge is 0.108 e. The van der Waals surface area contributed by atoms with Gasteiger partial charge in [-0.1, -0.05) is 33.9 Å². The average molecular weight is 245 g/mol. The van der Waals surface area contributed by atoms with Crippen molar-refractivity contribution in [1.82, 2.24) is 4.98 Å². The first-order valence-corrected chi connectivity index (χ1v) is 5.94. The molecule has 0 aromatic carbocycles. The number of anilines is 1. The number of hydrogen-bond donors (Lipinski definition) is 3. The van der Waals surface area contributed by atoms with Crippen LogP contribution in [0.5, 0.6) is 0 Å². The highest BCUT2D eigenvalue weighted by Gasteiger charge is 2.17. The quantitative estimate of drug-likeness (QED) is 0.715. The Kier molecular flexibility index (Phi) is 3.75. The van der Waals surface area contributed by atoms with Crippen molar-refractivity contribution in [2.24, 2.45) is 5.73 Å². The van der Waals surface area contributed by atoms with E-state index >= 15 is 0 Å². The molecule has 1 aromatic heterocycles. The minimum atomic E-state index is 0.0281. The summed E-state index contributed by atoms with van der Waals surface area (Å²) in [6, 6.07) is 2.02. The standard InChI is InChI=1S/C15H23N3/c1-9(2)10(3)12(16)7-11-8-13(15(4,5)6)18-14(11)17/h7-8,18H,1,3,16-17H2,2,4-6H3/b12-7-. The second-order valence-corrected chi connectivity index (χ2v) is 5.66. The van der Waals surface area contributed by atoms with E-state index in [2.05, 4.69) is 38.9 Å². The summed E-state index contributed by atoms with van der Waals surface area (Å²) in [7, 11) is 0. The molecule has 0 saturated heterocycles. The number of nitrogens with one attached hydrogen (secondary N) is 1. The van der Waals surface area contributed by atoms with Gasteiger partial charge >= 0.3 is 0 Å². The number of aromatic nitrogens is 1. The van der Waals surface area contributed by atoms with Gasteiger partial charge in [0.05, 0.1) is 0 Å². The molecule has 1 aromatic rings. The van der Waals surface area contributed by atoms with E-state index < -0.39 is 0 Å². The van der Waals surface area contributed by atoms with Gasteiger partial charge in [-0.25, -0.2) is 0 Å². The molecule has 18 heavy (non-hydrogen) atoms. The van der Waals surface area contributed by atoms with Gasteiger partial charge < -0.3 is 16.5 Å². The third kappa shape index (κ3) is 3.06. The number of hydrogen-bond acceptors (Lipinski definition) is 2. The second-order valence-electron chi connectivity index (χ2n) is 5.66. The molecule has 3 nitrogen and oxygen atoms in total. The monoisotopic (exact) mass is 245 g/mol. The maximum atomic E-state index is 5.97. The molecule has 98 valence electrons. The van der Waals surface area contributed by atoms with Crippen molar-refractivity contribution in [1.29, 1.82) is 0 Å². The molecule has 0 bridgehead atoms. The fraction of sp³-hybridized carbons (Fsp3) is 0.333. The van der Waals surface area contributed by atoms with Crippen LogP contribution in [0, 0.1) is 0 Å². The van der Waals surface area contributed by atoms with E-state index in [-0.39, 0.29) is 5.41 Å². The Bertz CT molecular complexity index is 510. The van der Waals surface area contributed by atoms with Crippen molar-refractivity contribution in [2.45, 2.75) is 33.1 Å². The number of nitrogens with two attached hydrogens (primary N) is 2. The van der Waals surface area contributed by atoms with Crippen LogP contribution in [-0.4, -0.2) is 4.98 Å². The van der Waals surface area contributed by atoms with Crippen molar-refractivity contribution >= 4 is 11.9 Å². The summed E-state index contributed by atoms with van der Waals surface area (Å²) in [5.41, 5.74) is 16.1. The van der Waals surface area contributed by atoms with Gasteiger partial charge in [0.2, 0.25) is 0 Å². The van der Waals surface area contributed by atoms with E-state index in [1.807, 2.05) is 19.1 Å². The molecular formula is C15H23N3. The van der Waals surface area contributed by atoms with Crippen molar-refractivity contribution in [3.63, 3.8) is 0 Å². The molecule has 0 radical (unpaired) electrons. The molecule has 5 N–H and O–H groups in total. The Morgan fingerprint density at radius 3 is 2.28 bits per heavy atom. The number of H-pyrrole nitrogens is 1. The third-order valence-corrected chi connectivity index (χ3v) is 2.86. The molecule has 1 heterocycles. The Morgan fingerprint density at radius 1 is 1.33 bits per heavy atom. The van der Waals surface area contributed by atoms with E-state index in [0.29, 0.717) is 11.5 Å². The molecule has 0 aliphatic heterocycles. The predicted molar refractivity (Wildman–Crippen MR) is 80.0 cm³/mol. The fourth-order valence-electron chi connectivity index (χ4n) is 1.51. The molecule has 0 saturated carbocycles. The lowest BCUT2D eigenvalue weighted by Gasteiger charge is -2.15. The van der Waals surface area contributed by atoms with Gasteiger partial charge in [-0.3, -0.25) is 0 Å². The number of rotatable bonds is 3. The summed E-state index contributed by atoms with van der Waals surface area (Å²) < 4.78 is 0. The van der Waals surface area contributed by atoms with E-state index in [1.54, 1.807) is 0 Å². The van der Waals surface area contributed by atoms with Crippen LogP contribution in [0.25, 0.3) is 6.08 Å². The zero-order valence-electron chi connectivity index (χ0n) is 11.7. The number of aromatic amines is 1. The highest BCUT2D eigenvalue weighted by molar-refractivity contribution is 5.68. The summed E-state index contributed by atoms with van der Waals surface area (Å²) in [6.07, 6.45) is 1.83. The van der Waals surface area contributed by atoms with Crippen molar-refractivity contribution in [2.75, 3.05) is 5.73 Å². The SMILES string of the molecule is C=C(C)C(=C)/C(N)=C/c1cc(C(C)(C)C)[nH]c1N. The largest absolute Gasteiger partial charge is 0.398 e. The zero-order chi connectivity index (χ0) is 14.1. The Labute approximate surface area is 109 Å². The molecular weight excluding hydrogens is 222 g/mol. The van der Waals surface area contributed by atoms with E-state index in [9.17, 15) is 0 Å². The van der Waals surface area contributed by atoms with Gasteiger partial charge in [-0.05, 0) is 30.2 Å². The Morgan fingerprint density at radius 2 is 1.89 bits per heavy atom. The van der Waals surface area contributed by atoms with Crippen molar-refractivity contribution in [3.05, 3.63) is 47.3 Å². The average Bonchev–Trinajstić information content (AvgIpc) is 2.58. The summed E-state index contributed by atoms with van der Waals surface area (Å²) in [5.74, 6) is 0.623. The minimum absolute atomic E-state index is 0.0281. The first-order valence-electron chi connectivity index (χ1n) is 5.94. The van der Waals surface area contributed by atoms with Crippen LogP contribution in [0.1, 0.15) is 39.0 Å². The van der Waals surface area contributed by atoms with Gasteiger partial charge in [-0.15, -0.1) is 0 Å². The van der Waals surface area contributed by atoms with Crippen LogP contribution >= 0.6 is 0 Å². The van der Waals surface area contributed by atoms with Gasteiger partial charge in [-0.2, -0.15) is 0 Å². The first-order chi connectivity index (χ1) is 8.12. The summed E-state index contributed by atoms with van der Waals surface area (Å²) in [4.78, 5) is 3.18. The summed E-state index contributed by atoms with van der Waals surface area (Å²) in [6.45, 7) is 16.0. The van der Waals surface area contributed by atoms with Crippen molar-refractivity contribution in [3.8, 4) is 0 Å². The molecule has 0 amide bonds. The Balaban J connectivity index is 3.13. The van der Waals surface area contributed by atoms with Crippen molar-refractivity contribution < 1.29 is 0 Å². The van der Waals surface area contributed by atoms with Crippen LogP contribution in [-0.2, 0) is 5.41 Å². The molecule has 0 atom stereocenters. The normalized spacial score (nSPS) is 12.6. The molecule has 0 fully saturated rings. The van der Waals surface area contributed by atoms with E-state index in [1.165, 1.54) is 0 Å². The fourth-order valence-corrected chi connectivity index (χ4v) is 1.51. The lowest BCUT2D eigenvalue weighted by molar-refractivity contribution is 0.573. The molecule has 3 heteroatoms. The lowest BCUT2D eigenvalue weighted by atomic mass is 9.92. The highest BCUT2D eigenvalue weighted by Crippen LogP contribution is 2.27. The molecule has 0 unspecified atom stereocenters. The molecule has 0 spiro atoms. The summed E-state index contributed by atoms with van der Waals surface area (Å²) in [5, 5.41) is 0. The zero-order valence-corrected chi connectivity index (χ0v) is 11.7. The second kappa shape index (κ2) is 4.77. The maximum absolute atomic E-state index is 5.97. The molecule has 0 aliphatic rings. The third-order valence-electron chi connectivity index (χ3n) is 2.86. The number of allylic oxidation sites excluding steroid dienone is 1. The molecule has 1 rings (SSSR count). The molecule has 0 aliphatic carbocycles. The van der Waals surface area contributed by atoms with E-state index in [0.717, 1.165) is 22.4 Å². The van der Waals surface area contributed by atoms with Crippen LogP contribution in [0.2, 0.25) is 0 Å². The van der Waals surface area contributed by atoms with E-state index in [4.69, 9.17) is 11.5 Å². The number of nitrogen functional groups attached to an aromatic ring is 1. The topological polar surface area (TPSA) is 67.8 Å². The van der Waals surface area contributed by atoms with Gasteiger partial charge in [0, 0.05) is 22.4 Å². The van der Waals surface area contributed by atoms with Gasteiger partial charge in [0.25, 0.3) is 0 Å². The highest BCUT2D eigenvalue weighted by atomic mass is 14.9. The van der Waals surface area contributed by atoms with Gasteiger partial charge in [0.1, 0.15) is 5.82 Å².